The Morgan fingerprint density at radius 2 is 1.89 bits per heavy atom. The van der Waals surface area contributed by atoms with Crippen LogP contribution in [0.1, 0.15) is 17.7 Å². The van der Waals surface area contributed by atoms with Crippen molar-refractivity contribution in [2.24, 2.45) is 10.7 Å². The Kier molecular flexibility index (Phi) is 5.86. The summed E-state index contributed by atoms with van der Waals surface area (Å²) in [7, 11) is 3.32. The summed E-state index contributed by atoms with van der Waals surface area (Å²) in [5.41, 5.74) is 10.3. The molecule has 0 aliphatic carbocycles. The average molecular weight is 366 g/mol. The Balaban J connectivity index is 1.57. The van der Waals surface area contributed by atoms with Gasteiger partial charge >= 0.3 is 0 Å². The van der Waals surface area contributed by atoms with Gasteiger partial charge in [-0.1, -0.05) is 17.7 Å². The molecule has 6 nitrogen and oxygen atoms in total. The zero-order chi connectivity index (χ0) is 19.2. The maximum absolute atomic E-state index is 5.96. The molecule has 3 aromatic rings. The minimum Gasteiger partial charge on any atom is -0.497 e. The van der Waals surface area contributed by atoms with Crippen molar-refractivity contribution in [1.29, 1.82) is 0 Å². The molecule has 0 atom stereocenters. The molecule has 4 N–H and O–H groups in total. The Labute approximate surface area is 159 Å². The van der Waals surface area contributed by atoms with Gasteiger partial charge in [0.15, 0.2) is 5.96 Å². The third kappa shape index (κ3) is 4.73. The van der Waals surface area contributed by atoms with Gasteiger partial charge < -0.3 is 25.5 Å². The number of nitrogens with one attached hydrogen (secondary N) is 2. The van der Waals surface area contributed by atoms with Crippen LogP contribution < -0.4 is 20.5 Å². The van der Waals surface area contributed by atoms with Crippen LogP contribution in [0.3, 0.4) is 0 Å². The first-order valence-corrected chi connectivity index (χ1v) is 8.96. The molecule has 2 aromatic carbocycles. The Hall–Kier alpha value is -3.15. The van der Waals surface area contributed by atoms with Crippen LogP contribution in [-0.4, -0.2) is 31.7 Å². The van der Waals surface area contributed by atoms with Gasteiger partial charge in [0.05, 0.1) is 19.7 Å². The molecule has 0 fully saturated rings. The maximum Gasteiger partial charge on any atom is 0.193 e. The summed E-state index contributed by atoms with van der Waals surface area (Å²) in [6.45, 7) is 2.71. The van der Waals surface area contributed by atoms with E-state index in [0.29, 0.717) is 12.5 Å². The lowest BCUT2D eigenvalue weighted by Gasteiger charge is -2.05. The minimum absolute atomic E-state index is 0.432. The van der Waals surface area contributed by atoms with E-state index in [1.54, 1.807) is 14.2 Å². The number of aromatic amines is 1. The molecule has 0 radical (unpaired) electrons. The largest absolute Gasteiger partial charge is 0.497 e. The maximum atomic E-state index is 5.96. The van der Waals surface area contributed by atoms with Crippen LogP contribution >= 0.6 is 0 Å². The monoisotopic (exact) mass is 366 g/mol. The van der Waals surface area contributed by atoms with Crippen molar-refractivity contribution in [1.82, 2.24) is 4.98 Å². The number of methoxy groups -OCH3 is 2. The Morgan fingerprint density at radius 3 is 2.59 bits per heavy atom. The number of nitrogens with zero attached hydrogens (tertiary/aromatic N) is 1. The van der Waals surface area contributed by atoms with Gasteiger partial charge in [-0.05, 0) is 38.0 Å². The second-order valence-corrected chi connectivity index (χ2v) is 6.45. The van der Waals surface area contributed by atoms with Gasteiger partial charge in [-0.2, -0.15) is 0 Å². The summed E-state index contributed by atoms with van der Waals surface area (Å²) in [4.78, 5) is 7.82. The number of fused-ring (bicyclic) bond motifs is 1. The first-order valence-electron chi connectivity index (χ1n) is 8.96. The standard InChI is InChI=1S/C21H26N4O2/c1-14-6-8-15(9-7-14)25-21(22)23-10-4-5-16-11-18-19(24-16)12-17(26-2)13-20(18)27-3/h6-9,11-13,24H,4-5,10H2,1-3H3,(H3,22,23,25). The van der Waals surface area contributed by atoms with Gasteiger partial charge in [0.1, 0.15) is 11.5 Å². The Bertz CT molecular complexity index is 929. The number of aromatic nitrogens is 1. The highest BCUT2D eigenvalue weighted by molar-refractivity contribution is 5.92. The second-order valence-electron chi connectivity index (χ2n) is 6.45. The lowest BCUT2D eigenvalue weighted by atomic mass is 10.2. The van der Waals surface area contributed by atoms with Gasteiger partial charge in [-0.15, -0.1) is 0 Å². The van der Waals surface area contributed by atoms with Crippen LogP contribution in [0.5, 0.6) is 11.5 Å². The number of rotatable bonds is 7. The highest BCUT2D eigenvalue weighted by atomic mass is 16.5. The second kappa shape index (κ2) is 8.49. The number of aryl methyl sites for hydroxylation is 2. The lowest BCUT2D eigenvalue weighted by molar-refractivity contribution is 0.398. The molecule has 0 aliphatic rings. The number of H-pyrrole nitrogens is 1. The fraction of sp³-hybridized carbons (Fsp3) is 0.286. The van der Waals surface area contributed by atoms with Crippen molar-refractivity contribution in [2.75, 3.05) is 26.1 Å². The van der Waals surface area contributed by atoms with Crippen LogP contribution in [0.4, 0.5) is 5.69 Å². The van der Waals surface area contributed by atoms with Crippen molar-refractivity contribution in [3.8, 4) is 11.5 Å². The van der Waals surface area contributed by atoms with E-state index >= 15 is 0 Å². The number of benzene rings is 2. The van der Waals surface area contributed by atoms with E-state index < -0.39 is 0 Å². The molecule has 1 aromatic heterocycles. The Morgan fingerprint density at radius 1 is 1.11 bits per heavy atom. The topological polar surface area (TPSA) is 84.7 Å². The first-order chi connectivity index (χ1) is 13.1. The lowest BCUT2D eigenvalue weighted by Crippen LogP contribution is -2.22. The van der Waals surface area contributed by atoms with Crippen LogP contribution in [0.15, 0.2) is 47.5 Å². The van der Waals surface area contributed by atoms with Crippen molar-refractivity contribution in [3.63, 3.8) is 0 Å². The van der Waals surface area contributed by atoms with Crippen molar-refractivity contribution >= 4 is 22.5 Å². The van der Waals surface area contributed by atoms with Crippen molar-refractivity contribution in [3.05, 3.63) is 53.7 Å². The molecular weight excluding hydrogens is 340 g/mol. The molecule has 1 heterocycles. The molecule has 27 heavy (non-hydrogen) atoms. The average Bonchev–Trinajstić information content (AvgIpc) is 3.09. The van der Waals surface area contributed by atoms with Crippen LogP contribution in [0, 0.1) is 6.92 Å². The van der Waals surface area contributed by atoms with E-state index in [9.17, 15) is 0 Å². The zero-order valence-electron chi connectivity index (χ0n) is 16.0. The fourth-order valence-electron chi connectivity index (χ4n) is 2.95. The highest BCUT2D eigenvalue weighted by Gasteiger charge is 2.09. The van der Waals surface area contributed by atoms with Crippen LogP contribution in [0.2, 0.25) is 0 Å². The van der Waals surface area contributed by atoms with E-state index in [1.165, 1.54) is 5.56 Å². The summed E-state index contributed by atoms with van der Waals surface area (Å²) >= 11 is 0. The molecule has 0 spiro atoms. The molecule has 0 aliphatic heterocycles. The molecule has 0 saturated carbocycles. The molecule has 0 unspecified atom stereocenters. The summed E-state index contributed by atoms with van der Waals surface area (Å²) in [6.07, 6.45) is 1.77. The van der Waals surface area contributed by atoms with Gasteiger partial charge in [-0.3, -0.25) is 4.99 Å². The third-order valence-electron chi connectivity index (χ3n) is 4.40. The van der Waals surface area contributed by atoms with E-state index in [2.05, 4.69) is 28.3 Å². The van der Waals surface area contributed by atoms with Gasteiger partial charge in [0.2, 0.25) is 0 Å². The molecular formula is C21H26N4O2. The molecule has 142 valence electrons. The van der Waals surface area contributed by atoms with E-state index in [-0.39, 0.29) is 0 Å². The normalized spacial score (nSPS) is 11.6. The summed E-state index contributed by atoms with van der Waals surface area (Å²) in [5.74, 6) is 2.01. The number of aliphatic imine (C=N–C) groups is 1. The molecule has 0 bridgehead atoms. The summed E-state index contributed by atoms with van der Waals surface area (Å²) in [5, 5.41) is 4.16. The number of ether oxygens (including phenoxy) is 2. The number of guanidine groups is 1. The smallest absolute Gasteiger partial charge is 0.193 e. The van der Waals surface area contributed by atoms with Gasteiger partial charge in [0, 0.05) is 35.4 Å². The molecule has 0 saturated heterocycles. The molecule has 0 amide bonds. The molecule has 3 rings (SSSR count). The predicted molar refractivity (Wildman–Crippen MR) is 111 cm³/mol. The number of nitrogens with two attached hydrogens (primary N) is 1. The van der Waals surface area contributed by atoms with E-state index in [0.717, 1.165) is 46.6 Å². The molecule has 6 heteroatoms. The van der Waals surface area contributed by atoms with E-state index in [1.807, 2.05) is 36.4 Å². The summed E-state index contributed by atoms with van der Waals surface area (Å²) in [6, 6.07) is 14.0. The summed E-state index contributed by atoms with van der Waals surface area (Å²) < 4.78 is 10.8. The highest BCUT2D eigenvalue weighted by Crippen LogP contribution is 2.31. The first kappa shape index (κ1) is 18.6. The quantitative estimate of drug-likeness (QED) is 0.337. The zero-order valence-corrected chi connectivity index (χ0v) is 16.0. The fourth-order valence-corrected chi connectivity index (χ4v) is 2.95. The number of anilines is 1. The van der Waals surface area contributed by atoms with E-state index in [4.69, 9.17) is 15.2 Å². The third-order valence-corrected chi connectivity index (χ3v) is 4.40. The minimum atomic E-state index is 0.432. The van der Waals surface area contributed by atoms with Crippen LogP contribution in [-0.2, 0) is 6.42 Å². The number of hydrogen-bond acceptors (Lipinski definition) is 3. The van der Waals surface area contributed by atoms with Crippen molar-refractivity contribution < 1.29 is 9.47 Å². The SMILES string of the molecule is COc1cc(OC)c2cc(CCCN=C(N)Nc3ccc(C)cc3)[nH]c2c1. The van der Waals surface area contributed by atoms with Crippen molar-refractivity contribution in [2.45, 2.75) is 19.8 Å². The number of hydrogen-bond donors (Lipinski definition) is 3. The van der Waals surface area contributed by atoms with Crippen LogP contribution in [0.25, 0.3) is 10.9 Å². The van der Waals surface area contributed by atoms with Gasteiger partial charge in [-0.25, -0.2) is 0 Å². The van der Waals surface area contributed by atoms with Gasteiger partial charge in [0.25, 0.3) is 0 Å². The predicted octanol–water partition coefficient (Wildman–Crippen LogP) is 3.85.